The Labute approximate surface area is 356 Å². The number of carbonyl (C=O) groups excluding carboxylic acids is 5. The highest BCUT2D eigenvalue weighted by atomic mass is 19.4. The summed E-state index contributed by atoms with van der Waals surface area (Å²) in [6.45, 7) is 1.39. The van der Waals surface area contributed by atoms with Crippen molar-refractivity contribution >= 4 is 41.4 Å². The van der Waals surface area contributed by atoms with Gasteiger partial charge >= 0.3 is 6.18 Å². The summed E-state index contributed by atoms with van der Waals surface area (Å²) in [5, 5.41) is 18.3. The van der Waals surface area contributed by atoms with E-state index in [2.05, 4.69) is 37.9 Å². The summed E-state index contributed by atoms with van der Waals surface area (Å²) in [4.78, 5) is 65.6. The molecule has 5 amide bonds. The molecule has 0 aromatic heterocycles. The molecule has 15 nitrogen and oxygen atoms in total. The number of anilines is 1. The van der Waals surface area contributed by atoms with Crippen LogP contribution in [-0.2, 0) is 36.1 Å². The first-order chi connectivity index (χ1) is 29.2. The standard InChI is InChI=1S/C43H60F3N9O6/c1-4-5-12-29-55(40(59)26-25-38(57)50-48-31-33-17-21-34(22-18-33)42(52-53-42)43(44,45)46)30-13-8-9-14-36(54(2)3)41(60)47-28-27-32-19-23-35(24-20-32)49-37(56)15-10-6-7-11-16-39(58)51-61/h1,17-24,31,36,52-53,61H,5-16,25-30H2,2-3H3,(H,47,60)(H,49,56)(H,50,57)(H,51,58)/b48-31+/t36-/m1/s1. The van der Waals surface area contributed by atoms with Gasteiger partial charge in [0.05, 0.1) is 12.3 Å². The number of carbonyl (C=O) groups is 5. The van der Waals surface area contributed by atoms with Gasteiger partial charge in [-0.2, -0.15) is 18.3 Å². The molecule has 1 aliphatic rings. The Morgan fingerprint density at radius 1 is 0.836 bits per heavy atom. The Morgan fingerprint density at radius 3 is 2.08 bits per heavy atom. The number of halogens is 3. The second-order valence-corrected chi connectivity index (χ2v) is 15.2. The summed E-state index contributed by atoms with van der Waals surface area (Å²) in [5.74, 6) is 1.35. The van der Waals surface area contributed by atoms with Crippen molar-refractivity contribution in [2.24, 2.45) is 5.10 Å². The van der Waals surface area contributed by atoms with Crippen LogP contribution < -0.4 is 32.4 Å². The van der Waals surface area contributed by atoms with Gasteiger partial charge in [0.1, 0.15) is 0 Å². The summed E-state index contributed by atoms with van der Waals surface area (Å²) < 4.78 is 39.8. The number of alkyl halides is 3. The van der Waals surface area contributed by atoms with Crippen LogP contribution in [0.1, 0.15) is 107 Å². The van der Waals surface area contributed by atoms with Crippen LogP contribution in [-0.4, -0.2) is 96.7 Å². The van der Waals surface area contributed by atoms with Crippen molar-refractivity contribution in [3.05, 3.63) is 65.2 Å². The van der Waals surface area contributed by atoms with Crippen molar-refractivity contribution in [2.75, 3.05) is 39.0 Å². The second kappa shape index (κ2) is 26.1. The van der Waals surface area contributed by atoms with E-state index >= 15 is 0 Å². The fourth-order valence-electron chi connectivity index (χ4n) is 6.53. The van der Waals surface area contributed by atoms with Gasteiger partial charge in [-0.25, -0.2) is 21.8 Å². The fraction of sp³-hybridized carbons (Fsp3) is 0.535. The molecular weight excluding hydrogens is 796 g/mol. The average Bonchev–Trinajstić information content (AvgIpc) is 4.05. The number of unbranched alkanes of at least 4 members (excludes halogenated alkanes) is 6. The molecule has 0 bridgehead atoms. The maximum Gasteiger partial charge on any atom is 0.426 e. The van der Waals surface area contributed by atoms with Gasteiger partial charge in [-0.15, -0.1) is 12.3 Å². The van der Waals surface area contributed by atoms with Crippen LogP contribution in [0.4, 0.5) is 18.9 Å². The highest BCUT2D eigenvalue weighted by Crippen LogP contribution is 2.42. The second-order valence-electron chi connectivity index (χ2n) is 15.2. The number of rotatable bonds is 28. The first-order valence-electron chi connectivity index (χ1n) is 20.7. The highest BCUT2D eigenvalue weighted by Gasteiger charge is 2.65. The van der Waals surface area contributed by atoms with Gasteiger partial charge in [0.2, 0.25) is 35.2 Å². The summed E-state index contributed by atoms with van der Waals surface area (Å²) in [6.07, 6.45) is 10.3. The van der Waals surface area contributed by atoms with E-state index in [1.54, 1.807) is 10.4 Å². The average molecular weight is 856 g/mol. The summed E-state index contributed by atoms with van der Waals surface area (Å²) in [6, 6.07) is 12.7. The van der Waals surface area contributed by atoms with E-state index in [0.29, 0.717) is 82.3 Å². The number of hydrogen-bond acceptors (Lipinski definition) is 10. The number of hydroxylamine groups is 1. The zero-order valence-corrected chi connectivity index (χ0v) is 35.0. The lowest BCUT2D eigenvalue weighted by atomic mass is 10.0. The SMILES string of the molecule is C#CCCCN(CCCCC[C@H](C(=O)NCCc1ccc(NC(=O)CCCCCCC(=O)NO)cc1)N(C)C)C(=O)CCC(=O)N/N=C/c1ccc(C2(C(F)(F)F)NN2)cc1. The summed E-state index contributed by atoms with van der Waals surface area (Å²) in [7, 11) is 3.72. The lowest BCUT2D eigenvalue weighted by molar-refractivity contribution is -0.165. The number of amides is 5. The van der Waals surface area contributed by atoms with E-state index in [9.17, 15) is 37.1 Å². The van der Waals surface area contributed by atoms with Crippen LogP contribution in [0.3, 0.4) is 0 Å². The lowest BCUT2D eigenvalue weighted by Crippen LogP contribution is -2.44. The van der Waals surface area contributed by atoms with Crippen molar-refractivity contribution in [3.63, 3.8) is 0 Å². The lowest BCUT2D eigenvalue weighted by Gasteiger charge is -2.24. The molecule has 334 valence electrons. The Balaban J connectivity index is 1.33. The van der Waals surface area contributed by atoms with E-state index in [-0.39, 0.29) is 48.6 Å². The first kappa shape index (κ1) is 50.0. The van der Waals surface area contributed by atoms with Crippen molar-refractivity contribution in [1.82, 2.24) is 36.9 Å². The molecule has 2 aromatic rings. The van der Waals surface area contributed by atoms with Gasteiger partial charge in [0.25, 0.3) is 0 Å². The number of nitrogens with one attached hydrogen (secondary N) is 6. The van der Waals surface area contributed by atoms with Crippen LogP contribution in [0.15, 0.2) is 53.6 Å². The Hall–Kier alpha value is -5.35. The molecule has 0 spiro atoms. The molecule has 3 rings (SSSR count). The van der Waals surface area contributed by atoms with Crippen molar-refractivity contribution in [3.8, 4) is 12.3 Å². The van der Waals surface area contributed by atoms with Crippen molar-refractivity contribution in [2.45, 2.75) is 114 Å². The van der Waals surface area contributed by atoms with Crippen LogP contribution >= 0.6 is 0 Å². The van der Waals surface area contributed by atoms with E-state index < -0.39 is 23.7 Å². The van der Waals surface area contributed by atoms with Gasteiger partial charge in [-0.05, 0) is 81.4 Å². The zero-order valence-electron chi connectivity index (χ0n) is 35.0. The Kier molecular flexibility index (Phi) is 21.4. The predicted molar refractivity (Wildman–Crippen MR) is 225 cm³/mol. The third-order valence-electron chi connectivity index (χ3n) is 10.2. The molecule has 1 saturated heterocycles. The molecular formula is C43H60F3N9O6. The highest BCUT2D eigenvalue weighted by molar-refractivity contribution is 5.90. The molecule has 61 heavy (non-hydrogen) atoms. The molecule has 0 radical (unpaired) electrons. The minimum absolute atomic E-state index is 0.00296. The van der Waals surface area contributed by atoms with Gasteiger partial charge in [-0.1, -0.05) is 62.1 Å². The van der Waals surface area contributed by atoms with Crippen LogP contribution in [0.5, 0.6) is 0 Å². The molecule has 1 heterocycles. The summed E-state index contributed by atoms with van der Waals surface area (Å²) >= 11 is 0. The summed E-state index contributed by atoms with van der Waals surface area (Å²) in [5.41, 5.74) is 8.17. The van der Waals surface area contributed by atoms with E-state index in [1.165, 1.54) is 30.5 Å². The third-order valence-corrected chi connectivity index (χ3v) is 10.2. The predicted octanol–water partition coefficient (Wildman–Crippen LogP) is 4.62. The van der Waals surface area contributed by atoms with E-state index in [1.807, 2.05) is 43.3 Å². The fourth-order valence-corrected chi connectivity index (χ4v) is 6.53. The van der Waals surface area contributed by atoms with Gasteiger partial charge in [-0.3, -0.25) is 34.1 Å². The Bertz CT molecular complexity index is 1780. The molecule has 1 aliphatic heterocycles. The number of likely N-dealkylation sites (N-methyl/N-ethyl adjacent to an activating group) is 1. The first-order valence-corrected chi connectivity index (χ1v) is 20.7. The van der Waals surface area contributed by atoms with Gasteiger partial charge < -0.3 is 15.5 Å². The molecule has 1 fully saturated rings. The molecule has 0 saturated carbocycles. The number of nitrogens with zero attached hydrogens (tertiary/aromatic N) is 3. The number of terminal acetylenes is 1. The van der Waals surface area contributed by atoms with E-state index in [4.69, 9.17) is 11.6 Å². The van der Waals surface area contributed by atoms with Gasteiger partial charge in [0.15, 0.2) is 0 Å². The quantitative estimate of drug-likeness (QED) is 0.0159. The van der Waals surface area contributed by atoms with Crippen LogP contribution in [0, 0.1) is 12.3 Å². The maximum atomic E-state index is 13.3. The minimum atomic E-state index is -4.51. The third kappa shape index (κ3) is 18.0. The number of benzene rings is 2. The van der Waals surface area contributed by atoms with Crippen molar-refractivity contribution in [1.29, 1.82) is 0 Å². The smallest absolute Gasteiger partial charge is 0.354 e. The Morgan fingerprint density at radius 2 is 1.48 bits per heavy atom. The molecule has 0 aliphatic carbocycles. The molecule has 2 aromatic carbocycles. The molecule has 18 heteroatoms. The molecule has 1 atom stereocenters. The monoisotopic (exact) mass is 855 g/mol. The molecule has 0 unspecified atom stereocenters. The maximum absolute atomic E-state index is 13.3. The van der Waals surface area contributed by atoms with Crippen LogP contribution in [0.2, 0.25) is 0 Å². The normalized spacial score (nSPS) is 13.6. The van der Waals surface area contributed by atoms with Crippen molar-refractivity contribution < 1.29 is 42.4 Å². The largest absolute Gasteiger partial charge is 0.426 e. The van der Waals surface area contributed by atoms with Gasteiger partial charge in [0, 0.05) is 57.4 Å². The molecule has 7 N–H and O–H groups in total. The number of hydrazone groups is 1. The zero-order chi connectivity index (χ0) is 44.7. The number of hydrogen-bond donors (Lipinski definition) is 7. The minimum Gasteiger partial charge on any atom is -0.354 e. The number of hydrazine groups is 1. The van der Waals surface area contributed by atoms with Crippen LogP contribution in [0.25, 0.3) is 0 Å². The van der Waals surface area contributed by atoms with E-state index in [0.717, 1.165) is 31.2 Å². The topological polar surface area (TPSA) is 216 Å².